The normalized spacial score (nSPS) is 16.9. The third kappa shape index (κ3) is 5.88. The van der Waals surface area contributed by atoms with Gasteiger partial charge in [0.05, 0.1) is 6.10 Å². The van der Waals surface area contributed by atoms with Crippen LogP contribution in [0.4, 0.5) is 4.39 Å². The average Bonchev–Trinajstić information content (AvgIpc) is 2.68. The molecule has 1 unspecified atom stereocenters. The number of hydrogen-bond acceptors (Lipinski definition) is 3. The summed E-state index contributed by atoms with van der Waals surface area (Å²) in [7, 11) is 0. The summed E-state index contributed by atoms with van der Waals surface area (Å²) in [4.78, 5) is 12.9. The zero-order valence-corrected chi connectivity index (χ0v) is 15.4. The fourth-order valence-electron chi connectivity index (χ4n) is 3.53. The smallest absolute Gasteiger partial charge is 0.303 e. The maximum Gasteiger partial charge on any atom is 0.303 e. The Labute approximate surface area is 159 Å². The van der Waals surface area contributed by atoms with Crippen LogP contribution in [0.15, 0.2) is 54.6 Å². The Hall–Kier alpha value is -2.24. The summed E-state index contributed by atoms with van der Waals surface area (Å²) in [5, 5.41) is 8.76. The Morgan fingerprint density at radius 2 is 1.70 bits per heavy atom. The molecule has 1 heterocycles. The molecule has 0 aromatic heterocycles. The molecule has 27 heavy (non-hydrogen) atoms. The van der Waals surface area contributed by atoms with E-state index in [0.29, 0.717) is 6.42 Å². The van der Waals surface area contributed by atoms with E-state index in [1.54, 1.807) is 12.1 Å². The Morgan fingerprint density at radius 1 is 1.07 bits per heavy atom. The number of carbonyl (C=O) groups is 1. The summed E-state index contributed by atoms with van der Waals surface area (Å²) < 4.78 is 19.8. The molecule has 0 aliphatic carbocycles. The highest BCUT2D eigenvalue weighted by Gasteiger charge is 2.24. The third-order valence-corrected chi connectivity index (χ3v) is 5.00. The van der Waals surface area contributed by atoms with Gasteiger partial charge in [-0.2, -0.15) is 0 Å². The molecule has 2 aromatic rings. The van der Waals surface area contributed by atoms with Crippen LogP contribution >= 0.6 is 0 Å². The Balaban J connectivity index is 1.60. The number of carboxylic acid groups (broad SMARTS) is 1. The minimum atomic E-state index is -0.738. The lowest BCUT2D eigenvalue weighted by Crippen LogP contribution is -2.38. The minimum absolute atomic E-state index is 0.135. The van der Waals surface area contributed by atoms with Crippen molar-refractivity contribution in [1.82, 2.24) is 4.90 Å². The van der Waals surface area contributed by atoms with Crippen molar-refractivity contribution in [3.05, 3.63) is 71.5 Å². The van der Waals surface area contributed by atoms with Gasteiger partial charge in [-0.1, -0.05) is 42.5 Å². The number of hydrogen-bond donors (Lipinski definition) is 1. The fraction of sp³-hybridized carbons (Fsp3) is 0.409. The number of carboxylic acids is 1. The number of rotatable bonds is 8. The molecule has 1 saturated heterocycles. The van der Waals surface area contributed by atoms with Crippen molar-refractivity contribution in [3.8, 4) is 0 Å². The van der Waals surface area contributed by atoms with Gasteiger partial charge < -0.3 is 14.7 Å². The second kappa shape index (κ2) is 9.62. The van der Waals surface area contributed by atoms with Crippen LogP contribution in [0, 0.1) is 5.82 Å². The van der Waals surface area contributed by atoms with E-state index in [2.05, 4.69) is 4.90 Å². The van der Waals surface area contributed by atoms with Gasteiger partial charge in [-0.3, -0.25) is 4.79 Å². The molecule has 2 aromatic carbocycles. The molecular weight excluding hydrogens is 345 g/mol. The molecule has 1 aliphatic heterocycles. The number of halogens is 1. The van der Waals surface area contributed by atoms with E-state index in [4.69, 9.17) is 9.84 Å². The molecular formula is C22H26FNO3. The highest BCUT2D eigenvalue weighted by atomic mass is 19.1. The first-order valence-corrected chi connectivity index (χ1v) is 9.52. The van der Waals surface area contributed by atoms with Gasteiger partial charge in [0.15, 0.2) is 0 Å². The van der Waals surface area contributed by atoms with Crippen molar-refractivity contribution >= 4 is 5.97 Å². The van der Waals surface area contributed by atoms with Crippen LogP contribution in [-0.2, 0) is 9.53 Å². The first-order chi connectivity index (χ1) is 13.1. The van der Waals surface area contributed by atoms with Gasteiger partial charge in [0.25, 0.3) is 0 Å². The van der Waals surface area contributed by atoms with Crippen molar-refractivity contribution in [2.24, 2.45) is 0 Å². The van der Waals surface area contributed by atoms with E-state index < -0.39 is 5.97 Å². The maximum atomic E-state index is 13.3. The molecule has 1 N–H and O–H groups in total. The Bertz CT molecular complexity index is 712. The van der Waals surface area contributed by atoms with Gasteiger partial charge in [0, 0.05) is 19.5 Å². The van der Waals surface area contributed by atoms with Crippen LogP contribution in [0.2, 0.25) is 0 Å². The monoisotopic (exact) mass is 371 g/mol. The topological polar surface area (TPSA) is 49.8 Å². The van der Waals surface area contributed by atoms with E-state index in [9.17, 15) is 9.18 Å². The molecule has 0 bridgehead atoms. The molecule has 1 atom stereocenters. The third-order valence-electron chi connectivity index (χ3n) is 5.00. The fourth-order valence-corrected chi connectivity index (χ4v) is 3.53. The van der Waals surface area contributed by atoms with Crippen LogP contribution in [-0.4, -0.2) is 41.7 Å². The molecule has 0 spiro atoms. The Morgan fingerprint density at radius 3 is 2.33 bits per heavy atom. The SMILES string of the molecule is O=C(O)CCCN1CCC(OC(c2ccccc2)c2ccc(F)cc2)CC1. The zero-order chi connectivity index (χ0) is 19.1. The van der Waals surface area contributed by atoms with Crippen LogP contribution in [0.1, 0.15) is 42.9 Å². The lowest BCUT2D eigenvalue weighted by molar-refractivity contribution is -0.137. The summed E-state index contributed by atoms with van der Waals surface area (Å²) in [5.74, 6) is -0.988. The van der Waals surface area contributed by atoms with Crippen molar-refractivity contribution in [2.45, 2.75) is 37.9 Å². The van der Waals surface area contributed by atoms with Crippen LogP contribution in [0.3, 0.4) is 0 Å². The van der Waals surface area contributed by atoms with Gasteiger partial charge in [-0.15, -0.1) is 0 Å². The zero-order valence-electron chi connectivity index (χ0n) is 15.4. The molecule has 3 rings (SSSR count). The second-order valence-electron chi connectivity index (χ2n) is 7.02. The number of aliphatic carboxylic acids is 1. The largest absolute Gasteiger partial charge is 0.481 e. The quantitative estimate of drug-likeness (QED) is 0.753. The van der Waals surface area contributed by atoms with Crippen molar-refractivity contribution in [2.75, 3.05) is 19.6 Å². The molecule has 0 radical (unpaired) electrons. The standard InChI is InChI=1S/C22H26FNO3/c23-19-10-8-18(9-11-19)22(17-5-2-1-3-6-17)27-20-12-15-24(16-13-20)14-4-7-21(25)26/h1-3,5-6,8-11,20,22H,4,7,12-16H2,(H,25,26). The molecule has 144 valence electrons. The van der Waals surface area contributed by atoms with Gasteiger partial charge >= 0.3 is 5.97 Å². The van der Waals surface area contributed by atoms with E-state index >= 15 is 0 Å². The molecule has 0 saturated carbocycles. The van der Waals surface area contributed by atoms with Crippen LogP contribution in [0.25, 0.3) is 0 Å². The first-order valence-electron chi connectivity index (χ1n) is 9.52. The number of ether oxygens (including phenoxy) is 1. The van der Waals surface area contributed by atoms with Gasteiger partial charge in [0.2, 0.25) is 0 Å². The van der Waals surface area contributed by atoms with Gasteiger partial charge in [-0.25, -0.2) is 4.39 Å². The predicted molar refractivity (Wildman–Crippen MR) is 102 cm³/mol. The maximum absolute atomic E-state index is 13.3. The first kappa shape index (κ1) is 19.5. The lowest BCUT2D eigenvalue weighted by Gasteiger charge is -2.34. The second-order valence-corrected chi connectivity index (χ2v) is 7.02. The highest BCUT2D eigenvalue weighted by molar-refractivity contribution is 5.66. The van der Waals surface area contributed by atoms with E-state index in [0.717, 1.165) is 43.6 Å². The summed E-state index contributed by atoms with van der Waals surface area (Å²) >= 11 is 0. The molecule has 4 nitrogen and oxygen atoms in total. The summed E-state index contributed by atoms with van der Waals surface area (Å²) in [6.45, 7) is 2.64. The summed E-state index contributed by atoms with van der Waals surface area (Å²) in [6, 6.07) is 16.5. The minimum Gasteiger partial charge on any atom is -0.481 e. The number of likely N-dealkylation sites (tertiary alicyclic amines) is 1. The molecule has 0 amide bonds. The number of benzene rings is 2. The van der Waals surface area contributed by atoms with Crippen molar-refractivity contribution in [3.63, 3.8) is 0 Å². The summed E-state index contributed by atoms with van der Waals surface area (Å²) in [6.07, 6.45) is 2.65. The molecule has 1 fully saturated rings. The van der Waals surface area contributed by atoms with Gasteiger partial charge in [0.1, 0.15) is 11.9 Å². The summed E-state index contributed by atoms with van der Waals surface area (Å²) in [5.41, 5.74) is 2.01. The lowest BCUT2D eigenvalue weighted by atomic mass is 10.00. The molecule has 5 heteroatoms. The predicted octanol–water partition coefficient (Wildman–Crippen LogP) is 4.26. The van der Waals surface area contributed by atoms with E-state index in [1.807, 2.05) is 30.3 Å². The van der Waals surface area contributed by atoms with Crippen molar-refractivity contribution in [1.29, 1.82) is 0 Å². The van der Waals surface area contributed by atoms with E-state index in [1.165, 1.54) is 12.1 Å². The number of piperidine rings is 1. The van der Waals surface area contributed by atoms with Crippen LogP contribution < -0.4 is 0 Å². The van der Waals surface area contributed by atoms with Gasteiger partial charge in [-0.05, 0) is 49.1 Å². The Kier molecular flexibility index (Phi) is 6.96. The molecule has 1 aliphatic rings. The van der Waals surface area contributed by atoms with E-state index in [-0.39, 0.29) is 24.4 Å². The highest BCUT2D eigenvalue weighted by Crippen LogP contribution is 2.30. The average molecular weight is 371 g/mol. The van der Waals surface area contributed by atoms with Crippen LogP contribution in [0.5, 0.6) is 0 Å². The van der Waals surface area contributed by atoms with Crippen molar-refractivity contribution < 1.29 is 19.0 Å². The number of nitrogens with zero attached hydrogens (tertiary/aromatic N) is 1.